The van der Waals surface area contributed by atoms with E-state index < -0.39 is 11.6 Å². The zero-order valence-electron chi connectivity index (χ0n) is 14.1. The number of hydrogen-bond donors (Lipinski definition) is 0. The van der Waals surface area contributed by atoms with Crippen molar-refractivity contribution in [2.45, 2.75) is 13.8 Å². The zero-order valence-corrected chi connectivity index (χ0v) is 14.1. The molecule has 0 amide bonds. The van der Waals surface area contributed by atoms with Crippen LogP contribution in [0, 0.1) is 6.92 Å². The molecule has 128 valence electrons. The number of hydrogen-bond acceptors (Lipinski definition) is 5. The van der Waals surface area contributed by atoms with Crippen LogP contribution in [0.4, 0.5) is 0 Å². The molecule has 25 heavy (non-hydrogen) atoms. The molecule has 0 unspecified atom stereocenters. The molecule has 0 radical (unpaired) electrons. The highest BCUT2D eigenvalue weighted by Gasteiger charge is 2.14. The highest BCUT2D eigenvalue weighted by molar-refractivity contribution is 5.87. The smallest absolute Gasteiger partial charge is 0.344 e. The highest BCUT2D eigenvalue weighted by atomic mass is 16.6. The quantitative estimate of drug-likeness (QED) is 0.524. The Morgan fingerprint density at radius 1 is 1.12 bits per heavy atom. The lowest BCUT2D eigenvalue weighted by atomic mass is 10.00. The van der Waals surface area contributed by atoms with Crippen molar-refractivity contribution < 1.29 is 18.7 Å². The van der Waals surface area contributed by atoms with Crippen molar-refractivity contribution in [1.29, 1.82) is 0 Å². The lowest BCUT2D eigenvalue weighted by molar-refractivity contribution is -0.145. The molecule has 0 saturated carbocycles. The number of rotatable bonds is 5. The molecule has 0 fully saturated rings. The first-order valence-corrected chi connectivity index (χ1v) is 8.01. The number of esters is 1. The molecule has 0 aliphatic carbocycles. The fourth-order valence-electron chi connectivity index (χ4n) is 2.71. The van der Waals surface area contributed by atoms with Gasteiger partial charge in [0.1, 0.15) is 11.3 Å². The Morgan fingerprint density at radius 3 is 2.60 bits per heavy atom. The van der Waals surface area contributed by atoms with Gasteiger partial charge in [-0.15, -0.1) is 0 Å². The summed E-state index contributed by atoms with van der Waals surface area (Å²) in [7, 11) is 0. The molecule has 1 heterocycles. The van der Waals surface area contributed by atoms with E-state index in [0.717, 1.165) is 16.5 Å². The van der Waals surface area contributed by atoms with Gasteiger partial charge in [-0.2, -0.15) is 0 Å². The minimum absolute atomic E-state index is 0.190. The summed E-state index contributed by atoms with van der Waals surface area (Å²) in [6.45, 7) is 3.73. The van der Waals surface area contributed by atoms with Crippen molar-refractivity contribution in [1.82, 2.24) is 0 Å². The molecular weight excluding hydrogens is 320 g/mol. The zero-order chi connectivity index (χ0) is 17.8. The van der Waals surface area contributed by atoms with E-state index in [-0.39, 0.29) is 6.61 Å². The van der Waals surface area contributed by atoms with Crippen LogP contribution in [0.3, 0.4) is 0 Å². The lowest BCUT2D eigenvalue weighted by Gasteiger charge is -2.10. The monoisotopic (exact) mass is 338 g/mol. The maximum Gasteiger partial charge on any atom is 0.344 e. The third-order valence-corrected chi connectivity index (χ3v) is 3.86. The van der Waals surface area contributed by atoms with Crippen molar-refractivity contribution in [3.8, 4) is 16.9 Å². The minimum atomic E-state index is -0.445. The van der Waals surface area contributed by atoms with Gasteiger partial charge in [0, 0.05) is 11.5 Å². The van der Waals surface area contributed by atoms with Crippen LogP contribution >= 0.6 is 0 Å². The first-order valence-electron chi connectivity index (χ1n) is 8.01. The summed E-state index contributed by atoms with van der Waals surface area (Å²) in [5.41, 5.74) is 2.23. The summed E-state index contributed by atoms with van der Waals surface area (Å²) >= 11 is 0. The van der Waals surface area contributed by atoms with Gasteiger partial charge in [0.25, 0.3) is 0 Å². The number of aryl methyl sites for hydroxylation is 1. The van der Waals surface area contributed by atoms with Crippen LogP contribution in [0.25, 0.3) is 22.1 Å². The van der Waals surface area contributed by atoms with Crippen molar-refractivity contribution in [2.75, 3.05) is 13.2 Å². The summed E-state index contributed by atoms with van der Waals surface area (Å²) in [6, 6.07) is 14.6. The second-order valence-corrected chi connectivity index (χ2v) is 5.51. The van der Waals surface area contributed by atoms with Crippen LogP contribution in [0.1, 0.15) is 12.5 Å². The maximum absolute atomic E-state index is 12.4. The van der Waals surface area contributed by atoms with Crippen molar-refractivity contribution in [2.24, 2.45) is 0 Å². The first kappa shape index (κ1) is 16.8. The molecule has 0 atom stereocenters. The van der Waals surface area contributed by atoms with Crippen molar-refractivity contribution >= 4 is 16.9 Å². The minimum Gasteiger partial charge on any atom is -0.482 e. The van der Waals surface area contributed by atoms with E-state index in [1.165, 1.54) is 0 Å². The average Bonchev–Trinajstić information content (AvgIpc) is 2.61. The SMILES string of the molecule is CCOC(=O)COc1ccc2c(C)c(-c3ccccc3)c(=O)oc2c1. The Balaban J connectivity index is 1.97. The molecule has 0 N–H and O–H groups in total. The van der Waals surface area contributed by atoms with Crippen LogP contribution in [0.5, 0.6) is 5.75 Å². The largest absolute Gasteiger partial charge is 0.482 e. The number of fused-ring (bicyclic) bond motifs is 1. The second kappa shape index (κ2) is 7.21. The van der Waals surface area contributed by atoms with E-state index in [4.69, 9.17) is 13.9 Å². The second-order valence-electron chi connectivity index (χ2n) is 5.51. The predicted molar refractivity (Wildman–Crippen MR) is 94.8 cm³/mol. The van der Waals surface area contributed by atoms with E-state index in [2.05, 4.69) is 0 Å². The van der Waals surface area contributed by atoms with E-state index in [1.807, 2.05) is 43.3 Å². The maximum atomic E-state index is 12.4. The van der Waals surface area contributed by atoms with Crippen molar-refractivity contribution in [3.05, 3.63) is 64.5 Å². The van der Waals surface area contributed by atoms with Crippen LogP contribution in [0.15, 0.2) is 57.7 Å². The van der Waals surface area contributed by atoms with Crippen molar-refractivity contribution in [3.63, 3.8) is 0 Å². The number of ether oxygens (including phenoxy) is 2. The number of carbonyl (C=O) groups excluding carboxylic acids is 1. The Hall–Kier alpha value is -3.08. The van der Waals surface area contributed by atoms with Gasteiger partial charge in [-0.1, -0.05) is 30.3 Å². The summed E-state index contributed by atoms with van der Waals surface area (Å²) in [5, 5.41) is 0.821. The Bertz CT molecular complexity index is 957. The molecule has 0 spiro atoms. The van der Waals surface area contributed by atoms with Gasteiger partial charge in [0.05, 0.1) is 12.2 Å². The molecule has 3 aromatic rings. The van der Waals surface area contributed by atoms with Crippen LogP contribution < -0.4 is 10.4 Å². The normalized spacial score (nSPS) is 10.6. The van der Waals surface area contributed by atoms with Gasteiger partial charge in [-0.3, -0.25) is 0 Å². The Kier molecular flexibility index (Phi) is 4.84. The third kappa shape index (κ3) is 3.55. The fourth-order valence-corrected chi connectivity index (χ4v) is 2.71. The van der Waals surface area contributed by atoms with E-state index in [9.17, 15) is 9.59 Å². The number of benzene rings is 2. The average molecular weight is 338 g/mol. The van der Waals surface area contributed by atoms with Gasteiger partial charge < -0.3 is 13.9 Å². The van der Waals surface area contributed by atoms with Crippen LogP contribution in [-0.2, 0) is 9.53 Å². The molecule has 0 aliphatic heterocycles. The molecule has 5 nitrogen and oxygen atoms in total. The van der Waals surface area contributed by atoms with Crippen LogP contribution in [-0.4, -0.2) is 19.2 Å². The molecule has 5 heteroatoms. The predicted octanol–water partition coefficient (Wildman–Crippen LogP) is 3.71. The summed E-state index contributed by atoms with van der Waals surface area (Å²) in [5.74, 6) is -0.00443. The Labute approximate surface area is 144 Å². The molecule has 0 aliphatic rings. The molecular formula is C20H18O5. The highest BCUT2D eigenvalue weighted by Crippen LogP contribution is 2.28. The lowest BCUT2D eigenvalue weighted by Crippen LogP contribution is -2.14. The fraction of sp³-hybridized carbons (Fsp3) is 0.200. The standard InChI is InChI=1S/C20H18O5/c1-3-23-18(21)12-24-15-9-10-16-13(2)19(14-7-5-4-6-8-14)20(22)25-17(16)11-15/h4-11H,3,12H2,1-2H3. The summed E-state index contributed by atoms with van der Waals surface area (Å²) in [6.07, 6.45) is 0. The molecule has 0 bridgehead atoms. The van der Waals surface area contributed by atoms with E-state index in [1.54, 1.807) is 19.1 Å². The molecule has 0 saturated heterocycles. The Morgan fingerprint density at radius 2 is 1.88 bits per heavy atom. The van der Waals surface area contributed by atoms with Gasteiger partial charge in [-0.25, -0.2) is 9.59 Å². The third-order valence-electron chi connectivity index (χ3n) is 3.86. The molecule has 3 rings (SSSR count). The molecule has 1 aromatic heterocycles. The van der Waals surface area contributed by atoms with E-state index in [0.29, 0.717) is 23.5 Å². The topological polar surface area (TPSA) is 65.7 Å². The van der Waals surface area contributed by atoms with Gasteiger partial charge in [0.2, 0.25) is 0 Å². The van der Waals surface area contributed by atoms with E-state index >= 15 is 0 Å². The summed E-state index contributed by atoms with van der Waals surface area (Å²) < 4.78 is 15.7. The van der Waals surface area contributed by atoms with Gasteiger partial charge >= 0.3 is 11.6 Å². The summed E-state index contributed by atoms with van der Waals surface area (Å²) in [4.78, 5) is 23.8. The van der Waals surface area contributed by atoms with Gasteiger partial charge in [-0.05, 0) is 37.1 Å². The van der Waals surface area contributed by atoms with Crippen LogP contribution in [0.2, 0.25) is 0 Å². The molecule has 2 aromatic carbocycles. The van der Waals surface area contributed by atoms with Gasteiger partial charge in [0.15, 0.2) is 6.61 Å². The first-order chi connectivity index (χ1) is 12.1. The number of carbonyl (C=O) groups is 1.